The van der Waals surface area contributed by atoms with Crippen molar-refractivity contribution >= 4 is 17.5 Å². The SMILES string of the molecule is CC(N/N=C1/CCSC1)C(F)F. The van der Waals surface area contributed by atoms with E-state index in [4.69, 9.17) is 0 Å². The van der Waals surface area contributed by atoms with E-state index in [1.165, 1.54) is 6.92 Å². The maximum absolute atomic E-state index is 12.0. The van der Waals surface area contributed by atoms with Gasteiger partial charge < -0.3 is 5.43 Å². The van der Waals surface area contributed by atoms with Crippen LogP contribution in [0.3, 0.4) is 0 Å². The minimum absolute atomic E-state index is 0.844. The summed E-state index contributed by atoms with van der Waals surface area (Å²) in [5.41, 5.74) is 3.44. The summed E-state index contributed by atoms with van der Waals surface area (Å²) in [4.78, 5) is 0. The van der Waals surface area contributed by atoms with Crippen molar-refractivity contribution in [2.75, 3.05) is 11.5 Å². The van der Waals surface area contributed by atoms with Gasteiger partial charge in [0.15, 0.2) is 0 Å². The Labute approximate surface area is 74.8 Å². The molecule has 1 atom stereocenters. The first-order valence-electron chi connectivity index (χ1n) is 3.87. The highest BCUT2D eigenvalue weighted by molar-refractivity contribution is 8.00. The molecule has 1 unspecified atom stereocenters. The molecule has 1 N–H and O–H groups in total. The van der Waals surface area contributed by atoms with Crippen LogP contribution in [-0.4, -0.2) is 29.7 Å². The molecule has 0 aromatic carbocycles. The van der Waals surface area contributed by atoms with Crippen LogP contribution in [0, 0.1) is 0 Å². The molecule has 1 fully saturated rings. The number of halogens is 2. The van der Waals surface area contributed by atoms with Crippen molar-refractivity contribution in [3.8, 4) is 0 Å². The molecule has 0 aliphatic carbocycles. The van der Waals surface area contributed by atoms with Crippen LogP contribution in [0.15, 0.2) is 5.10 Å². The molecular weight excluding hydrogens is 182 g/mol. The van der Waals surface area contributed by atoms with E-state index < -0.39 is 12.5 Å². The molecule has 0 aromatic rings. The van der Waals surface area contributed by atoms with E-state index in [-0.39, 0.29) is 0 Å². The van der Waals surface area contributed by atoms with Gasteiger partial charge in [-0.25, -0.2) is 8.78 Å². The van der Waals surface area contributed by atoms with Crippen LogP contribution in [0.5, 0.6) is 0 Å². The first kappa shape index (κ1) is 9.77. The van der Waals surface area contributed by atoms with Crippen LogP contribution in [0.1, 0.15) is 13.3 Å². The molecule has 12 heavy (non-hydrogen) atoms. The summed E-state index contributed by atoms with van der Waals surface area (Å²) in [6.07, 6.45) is -1.42. The third kappa shape index (κ3) is 2.97. The molecule has 0 bridgehead atoms. The summed E-state index contributed by atoms with van der Waals surface area (Å²) in [7, 11) is 0. The highest BCUT2D eigenvalue weighted by atomic mass is 32.2. The van der Waals surface area contributed by atoms with E-state index in [1.807, 2.05) is 0 Å². The zero-order valence-electron chi connectivity index (χ0n) is 6.89. The molecule has 1 heterocycles. The highest BCUT2D eigenvalue weighted by Gasteiger charge is 2.14. The highest BCUT2D eigenvalue weighted by Crippen LogP contribution is 2.13. The van der Waals surface area contributed by atoms with Crippen molar-refractivity contribution < 1.29 is 8.78 Å². The summed E-state index contributed by atoms with van der Waals surface area (Å²) >= 11 is 1.78. The quantitative estimate of drug-likeness (QED) is 0.692. The van der Waals surface area contributed by atoms with E-state index in [2.05, 4.69) is 10.5 Å². The fourth-order valence-corrected chi connectivity index (χ4v) is 1.76. The van der Waals surface area contributed by atoms with E-state index in [9.17, 15) is 8.78 Å². The molecule has 1 rings (SSSR count). The van der Waals surface area contributed by atoms with Crippen molar-refractivity contribution in [2.45, 2.75) is 25.8 Å². The molecule has 5 heteroatoms. The Kier molecular flexibility index (Phi) is 3.78. The van der Waals surface area contributed by atoms with Gasteiger partial charge in [0.25, 0.3) is 6.43 Å². The van der Waals surface area contributed by atoms with Gasteiger partial charge in [-0.15, -0.1) is 0 Å². The molecule has 0 spiro atoms. The standard InChI is InChI=1S/C7H12F2N2S/c1-5(7(8)9)10-11-6-2-3-12-4-6/h5,7,10H,2-4H2,1H3/b11-6-. The zero-order valence-corrected chi connectivity index (χ0v) is 7.70. The third-order valence-electron chi connectivity index (χ3n) is 1.61. The van der Waals surface area contributed by atoms with Crippen LogP contribution in [0.4, 0.5) is 8.78 Å². The zero-order chi connectivity index (χ0) is 8.97. The maximum Gasteiger partial charge on any atom is 0.259 e. The Bertz CT molecular complexity index is 165. The molecule has 0 radical (unpaired) electrons. The van der Waals surface area contributed by atoms with E-state index in [0.717, 1.165) is 23.6 Å². The van der Waals surface area contributed by atoms with Crippen LogP contribution < -0.4 is 5.43 Å². The molecule has 0 amide bonds. The molecule has 0 aromatic heterocycles. The molecule has 1 aliphatic rings. The van der Waals surface area contributed by atoms with Gasteiger partial charge in [0.1, 0.15) is 6.04 Å². The number of hydrazone groups is 1. The number of nitrogens with one attached hydrogen (secondary N) is 1. The second-order valence-corrected chi connectivity index (χ2v) is 3.84. The summed E-state index contributed by atoms with van der Waals surface area (Å²) < 4.78 is 23.9. The van der Waals surface area contributed by atoms with E-state index >= 15 is 0 Å². The lowest BCUT2D eigenvalue weighted by molar-refractivity contribution is 0.107. The lowest BCUT2D eigenvalue weighted by Crippen LogP contribution is -2.29. The van der Waals surface area contributed by atoms with Gasteiger partial charge in [-0.1, -0.05) is 0 Å². The lowest BCUT2D eigenvalue weighted by Gasteiger charge is -2.09. The monoisotopic (exact) mass is 194 g/mol. The topological polar surface area (TPSA) is 24.4 Å². The molecule has 70 valence electrons. The first-order chi connectivity index (χ1) is 5.70. The molecular formula is C7H12F2N2S. The van der Waals surface area contributed by atoms with Crippen LogP contribution >= 0.6 is 11.8 Å². The Morgan fingerprint density at radius 3 is 2.83 bits per heavy atom. The van der Waals surface area contributed by atoms with Gasteiger partial charge in [-0.3, -0.25) is 0 Å². The summed E-state index contributed by atoms with van der Waals surface area (Å²) in [5.74, 6) is 1.94. The predicted molar refractivity (Wildman–Crippen MR) is 48.0 cm³/mol. The minimum Gasteiger partial charge on any atom is -0.302 e. The normalized spacial score (nSPS) is 23.5. The minimum atomic E-state index is -2.34. The second-order valence-electron chi connectivity index (χ2n) is 2.73. The fourth-order valence-electron chi connectivity index (χ4n) is 0.790. The predicted octanol–water partition coefficient (Wildman–Crippen LogP) is 1.72. The van der Waals surface area contributed by atoms with E-state index in [0.29, 0.717) is 0 Å². The van der Waals surface area contributed by atoms with Crippen LogP contribution in [-0.2, 0) is 0 Å². The van der Waals surface area contributed by atoms with Gasteiger partial charge in [-0.2, -0.15) is 16.9 Å². The van der Waals surface area contributed by atoms with Gasteiger partial charge in [0.2, 0.25) is 0 Å². The smallest absolute Gasteiger partial charge is 0.259 e. The number of rotatable bonds is 3. The Morgan fingerprint density at radius 1 is 1.58 bits per heavy atom. The van der Waals surface area contributed by atoms with Crippen LogP contribution in [0.2, 0.25) is 0 Å². The number of hydrogen-bond donors (Lipinski definition) is 1. The van der Waals surface area contributed by atoms with Gasteiger partial charge in [0.05, 0.1) is 0 Å². The Morgan fingerprint density at radius 2 is 2.33 bits per heavy atom. The van der Waals surface area contributed by atoms with Crippen molar-refractivity contribution in [1.82, 2.24) is 5.43 Å². The number of hydrogen-bond acceptors (Lipinski definition) is 3. The van der Waals surface area contributed by atoms with Crippen molar-refractivity contribution in [3.63, 3.8) is 0 Å². The average Bonchev–Trinajstić information content (AvgIpc) is 2.51. The Hall–Kier alpha value is -0.320. The largest absolute Gasteiger partial charge is 0.302 e. The summed E-state index contributed by atoms with van der Waals surface area (Å²) in [5, 5.41) is 3.91. The van der Waals surface area contributed by atoms with Crippen molar-refractivity contribution in [2.24, 2.45) is 5.10 Å². The van der Waals surface area contributed by atoms with E-state index in [1.54, 1.807) is 11.8 Å². The lowest BCUT2D eigenvalue weighted by atomic mass is 10.3. The van der Waals surface area contributed by atoms with Gasteiger partial charge >= 0.3 is 0 Å². The summed E-state index contributed by atoms with van der Waals surface area (Å²) in [6.45, 7) is 1.43. The molecule has 1 aliphatic heterocycles. The number of thioether (sulfide) groups is 1. The second kappa shape index (κ2) is 4.64. The third-order valence-corrected chi connectivity index (χ3v) is 2.64. The van der Waals surface area contributed by atoms with Crippen molar-refractivity contribution in [1.29, 1.82) is 0 Å². The Balaban J connectivity index is 2.27. The number of alkyl halides is 2. The molecule has 0 saturated carbocycles. The van der Waals surface area contributed by atoms with Gasteiger partial charge in [-0.05, 0) is 19.1 Å². The van der Waals surface area contributed by atoms with Crippen molar-refractivity contribution in [3.05, 3.63) is 0 Å². The maximum atomic E-state index is 12.0. The molecule has 1 saturated heterocycles. The van der Waals surface area contributed by atoms with Gasteiger partial charge in [0, 0.05) is 11.5 Å². The average molecular weight is 194 g/mol. The first-order valence-corrected chi connectivity index (χ1v) is 5.02. The van der Waals surface area contributed by atoms with Crippen LogP contribution in [0.25, 0.3) is 0 Å². The molecule has 2 nitrogen and oxygen atoms in total. The summed E-state index contributed by atoms with van der Waals surface area (Å²) in [6, 6.07) is -0.844. The fraction of sp³-hybridized carbons (Fsp3) is 0.857. The number of nitrogens with zero attached hydrogens (tertiary/aromatic N) is 1.